The summed E-state index contributed by atoms with van der Waals surface area (Å²) in [4.78, 5) is 24.6. The number of benzene rings is 1. The Kier molecular flexibility index (Phi) is 7.02. The molecular formula is C15H20ClNO4. The van der Waals surface area contributed by atoms with Crippen LogP contribution < -0.4 is 4.74 Å². The molecular weight excluding hydrogens is 294 g/mol. The zero-order valence-corrected chi connectivity index (χ0v) is 13.3. The molecule has 0 unspecified atom stereocenters. The summed E-state index contributed by atoms with van der Waals surface area (Å²) in [6.07, 6.45) is 0.855. The molecule has 0 radical (unpaired) electrons. The number of likely N-dealkylation sites (N-methyl/N-ethyl adjacent to an activating group) is 1. The zero-order chi connectivity index (χ0) is 15.8. The van der Waals surface area contributed by atoms with Crippen molar-refractivity contribution < 1.29 is 19.1 Å². The van der Waals surface area contributed by atoms with Crippen LogP contribution in [-0.4, -0.2) is 44.1 Å². The number of nitrogens with zero attached hydrogens (tertiary/aromatic N) is 1. The average Bonchev–Trinajstić information content (AvgIpc) is 2.45. The Morgan fingerprint density at radius 3 is 2.62 bits per heavy atom. The maximum Gasteiger partial charge on any atom is 0.325 e. The Morgan fingerprint density at radius 1 is 1.33 bits per heavy atom. The molecule has 5 nitrogen and oxygen atoms in total. The van der Waals surface area contributed by atoms with E-state index in [1.54, 1.807) is 33.2 Å². The number of esters is 1. The first-order valence-corrected chi connectivity index (χ1v) is 7.07. The van der Waals surface area contributed by atoms with Gasteiger partial charge in [0, 0.05) is 13.5 Å². The van der Waals surface area contributed by atoms with Crippen molar-refractivity contribution in [3.05, 3.63) is 28.8 Å². The average molecular weight is 314 g/mol. The second kappa shape index (κ2) is 8.52. The molecule has 1 amide bonds. The number of amides is 1. The molecule has 0 N–H and O–H groups in total. The summed E-state index contributed by atoms with van der Waals surface area (Å²) in [5, 5.41) is 0.516. The second-order valence-corrected chi connectivity index (χ2v) is 4.93. The monoisotopic (exact) mass is 313 g/mol. The first-order chi connectivity index (χ1) is 9.97. The Balaban J connectivity index is 2.48. The molecule has 6 heteroatoms. The quantitative estimate of drug-likeness (QED) is 0.725. The maximum atomic E-state index is 11.9. The fourth-order valence-corrected chi connectivity index (χ4v) is 2.08. The van der Waals surface area contributed by atoms with Gasteiger partial charge in [-0.05, 0) is 31.0 Å². The number of hydrogen-bond acceptors (Lipinski definition) is 4. The van der Waals surface area contributed by atoms with Crippen LogP contribution in [0, 0.1) is 0 Å². The van der Waals surface area contributed by atoms with Gasteiger partial charge in [0.1, 0.15) is 12.3 Å². The molecule has 0 aliphatic rings. The maximum absolute atomic E-state index is 11.9. The fourth-order valence-electron chi connectivity index (χ4n) is 1.80. The zero-order valence-electron chi connectivity index (χ0n) is 12.5. The number of carbonyl (C=O) groups is 2. The van der Waals surface area contributed by atoms with Crippen molar-refractivity contribution in [2.75, 3.05) is 27.3 Å². The lowest BCUT2D eigenvalue weighted by atomic mass is 10.1. The highest BCUT2D eigenvalue weighted by Gasteiger charge is 2.13. The predicted octanol–water partition coefficient (Wildman–Crippen LogP) is 2.30. The molecule has 0 aliphatic carbocycles. The van der Waals surface area contributed by atoms with E-state index in [1.807, 2.05) is 6.07 Å². The van der Waals surface area contributed by atoms with E-state index >= 15 is 0 Å². The topological polar surface area (TPSA) is 55.8 Å². The summed E-state index contributed by atoms with van der Waals surface area (Å²) in [6, 6.07) is 5.41. The van der Waals surface area contributed by atoms with Crippen molar-refractivity contribution in [3.63, 3.8) is 0 Å². The van der Waals surface area contributed by atoms with Crippen LogP contribution in [0.4, 0.5) is 0 Å². The summed E-state index contributed by atoms with van der Waals surface area (Å²) in [5.41, 5.74) is 0.943. The van der Waals surface area contributed by atoms with Crippen LogP contribution in [0.3, 0.4) is 0 Å². The predicted molar refractivity (Wildman–Crippen MR) is 80.6 cm³/mol. The lowest BCUT2D eigenvalue weighted by Gasteiger charge is -2.16. The SMILES string of the molecule is CCOC(=O)CN(C)C(=O)CCc1ccc(OC)c(Cl)c1. The number of aryl methyl sites for hydroxylation is 1. The molecule has 0 bridgehead atoms. The number of halogens is 1. The smallest absolute Gasteiger partial charge is 0.325 e. The van der Waals surface area contributed by atoms with Crippen LogP contribution >= 0.6 is 11.6 Å². The lowest BCUT2D eigenvalue weighted by Crippen LogP contribution is -2.33. The highest BCUT2D eigenvalue weighted by molar-refractivity contribution is 6.32. The summed E-state index contributed by atoms with van der Waals surface area (Å²) < 4.78 is 9.87. The van der Waals surface area contributed by atoms with Gasteiger partial charge < -0.3 is 14.4 Å². The first kappa shape index (κ1) is 17.3. The minimum atomic E-state index is -0.402. The summed E-state index contributed by atoms with van der Waals surface area (Å²) in [6.45, 7) is 2.01. The van der Waals surface area contributed by atoms with Crippen LogP contribution in [0.5, 0.6) is 5.75 Å². The first-order valence-electron chi connectivity index (χ1n) is 6.70. The van der Waals surface area contributed by atoms with Crippen LogP contribution in [0.2, 0.25) is 5.02 Å². The third kappa shape index (κ3) is 5.63. The van der Waals surface area contributed by atoms with Gasteiger partial charge in [-0.15, -0.1) is 0 Å². The van der Waals surface area contributed by atoms with E-state index in [4.69, 9.17) is 21.1 Å². The Hall–Kier alpha value is -1.75. The molecule has 0 fully saturated rings. The van der Waals surface area contributed by atoms with E-state index in [0.29, 0.717) is 30.2 Å². The highest BCUT2D eigenvalue weighted by atomic mass is 35.5. The highest BCUT2D eigenvalue weighted by Crippen LogP contribution is 2.25. The van der Waals surface area contributed by atoms with Gasteiger partial charge in [0.25, 0.3) is 0 Å². The van der Waals surface area contributed by atoms with Crippen molar-refractivity contribution in [1.82, 2.24) is 4.90 Å². The molecule has 0 aliphatic heterocycles. The number of carbonyl (C=O) groups excluding carboxylic acids is 2. The molecule has 0 atom stereocenters. The third-order valence-corrected chi connectivity index (χ3v) is 3.24. The molecule has 1 aromatic carbocycles. The molecule has 0 saturated carbocycles. The van der Waals surface area contributed by atoms with E-state index in [-0.39, 0.29) is 12.5 Å². The second-order valence-electron chi connectivity index (χ2n) is 4.52. The Morgan fingerprint density at radius 2 is 2.05 bits per heavy atom. The van der Waals surface area contributed by atoms with Gasteiger partial charge in [-0.1, -0.05) is 17.7 Å². The van der Waals surface area contributed by atoms with Crippen molar-refractivity contribution in [3.8, 4) is 5.75 Å². The largest absolute Gasteiger partial charge is 0.495 e. The van der Waals surface area contributed by atoms with Crippen LogP contribution in [0.1, 0.15) is 18.9 Å². The summed E-state index contributed by atoms with van der Waals surface area (Å²) in [5.74, 6) is 0.0852. The number of methoxy groups -OCH3 is 1. The van der Waals surface area contributed by atoms with Gasteiger partial charge >= 0.3 is 5.97 Å². The van der Waals surface area contributed by atoms with Crippen LogP contribution in [0.25, 0.3) is 0 Å². The number of hydrogen-bond donors (Lipinski definition) is 0. The van der Waals surface area contributed by atoms with Crippen LogP contribution in [0.15, 0.2) is 18.2 Å². The number of ether oxygens (including phenoxy) is 2. The van der Waals surface area contributed by atoms with E-state index in [0.717, 1.165) is 5.56 Å². The summed E-state index contributed by atoms with van der Waals surface area (Å²) >= 11 is 6.03. The van der Waals surface area contributed by atoms with E-state index in [1.165, 1.54) is 4.90 Å². The standard InChI is InChI=1S/C15H20ClNO4/c1-4-21-15(19)10-17(2)14(18)8-6-11-5-7-13(20-3)12(16)9-11/h5,7,9H,4,6,8,10H2,1-3H3. The lowest BCUT2D eigenvalue weighted by molar-refractivity contribution is -0.148. The van der Waals surface area contributed by atoms with Crippen molar-refractivity contribution >= 4 is 23.5 Å². The van der Waals surface area contributed by atoms with Gasteiger partial charge in [-0.2, -0.15) is 0 Å². The van der Waals surface area contributed by atoms with Crippen molar-refractivity contribution in [2.45, 2.75) is 19.8 Å². The van der Waals surface area contributed by atoms with E-state index in [2.05, 4.69) is 0 Å². The molecule has 21 heavy (non-hydrogen) atoms. The minimum Gasteiger partial charge on any atom is -0.495 e. The Bertz CT molecular complexity index is 504. The van der Waals surface area contributed by atoms with Gasteiger partial charge in [0.05, 0.1) is 18.7 Å². The Labute approximate surface area is 129 Å². The fraction of sp³-hybridized carbons (Fsp3) is 0.467. The normalized spacial score (nSPS) is 10.1. The van der Waals surface area contributed by atoms with Gasteiger partial charge in [-0.25, -0.2) is 0 Å². The molecule has 0 aromatic heterocycles. The van der Waals surface area contributed by atoms with Gasteiger partial charge in [0.15, 0.2) is 0 Å². The third-order valence-electron chi connectivity index (χ3n) is 2.94. The molecule has 0 saturated heterocycles. The number of rotatable bonds is 7. The molecule has 0 heterocycles. The molecule has 1 aromatic rings. The molecule has 1 rings (SSSR count). The van der Waals surface area contributed by atoms with Gasteiger partial charge in [0.2, 0.25) is 5.91 Å². The van der Waals surface area contributed by atoms with Crippen molar-refractivity contribution in [1.29, 1.82) is 0 Å². The van der Waals surface area contributed by atoms with Crippen LogP contribution in [-0.2, 0) is 20.7 Å². The minimum absolute atomic E-state index is 0.0317. The molecule has 116 valence electrons. The molecule has 0 spiro atoms. The summed E-state index contributed by atoms with van der Waals surface area (Å²) in [7, 11) is 3.13. The van der Waals surface area contributed by atoms with Gasteiger partial charge in [-0.3, -0.25) is 9.59 Å². The van der Waals surface area contributed by atoms with Crippen molar-refractivity contribution in [2.24, 2.45) is 0 Å². The van der Waals surface area contributed by atoms with E-state index in [9.17, 15) is 9.59 Å². The van der Waals surface area contributed by atoms with E-state index < -0.39 is 5.97 Å².